The first kappa shape index (κ1) is 25.0. The van der Waals surface area contributed by atoms with Gasteiger partial charge in [-0.2, -0.15) is 0 Å². The van der Waals surface area contributed by atoms with E-state index in [0.717, 1.165) is 41.2 Å². The highest BCUT2D eigenvalue weighted by Gasteiger charge is 2.32. The van der Waals surface area contributed by atoms with Crippen LogP contribution in [0.15, 0.2) is 18.2 Å². The van der Waals surface area contributed by atoms with E-state index in [4.69, 9.17) is 11.6 Å². The molecule has 1 aliphatic heterocycles. The number of aromatic nitrogens is 1. The van der Waals surface area contributed by atoms with Gasteiger partial charge in [0.2, 0.25) is 0 Å². The van der Waals surface area contributed by atoms with Crippen molar-refractivity contribution in [1.29, 1.82) is 0 Å². The van der Waals surface area contributed by atoms with Gasteiger partial charge >= 0.3 is 0 Å². The maximum atomic E-state index is 13.3. The number of hydrogen-bond donors (Lipinski definition) is 1. The van der Waals surface area contributed by atoms with Crippen LogP contribution in [0.3, 0.4) is 0 Å². The molecule has 0 saturated carbocycles. The maximum absolute atomic E-state index is 13.3. The molecule has 1 aliphatic rings. The number of nitrogens with zero attached hydrogens (tertiary/aromatic N) is 3. The average molecular weight is 465 g/mol. The van der Waals surface area contributed by atoms with Crippen LogP contribution < -0.4 is 4.90 Å². The van der Waals surface area contributed by atoms with Crippen LogP contribution in [-0.2, 0) is 4.79 Å². The highest BCUT2D eigenvalue weighted by atomic mass is 35.5. The first-order valence-electron chi connectivity index (χ1n) is 10.0. The molecule has 6 nitrogen and oxygen atoms in total. The summed E-state index contributed by atoms with van der Waals surface area (Å²) in [6, 6.07) is 5.55. The Labute approximate surface area is 195 Å². The number of aryl methyl sites for hydroxylation is 1. The van der Waals surface area contributed by atoms with Crippen molar-refractivity contribution in [3.8, 4) is 0 Å². The van der Waals surface area contributed by atoms with Gasteiger partial charge in [0.25, 0.3) is 11.8 Å². The quantitative estimate of drug-likeness (QED) is 0.649. The SMILES string of the molecule is Cc1[nH]c(/C=C2\C(=O)N(CCCN(C)C)c3ccc(Cl)cc32)c(C)c1C(=O)N(C)C.Cl. The maximum Gasteiger partial charge on any atom is 0.259 e. The van der Waals surface area contributed by atoms with E-state index in [9.17, 15) is 9.59 Å². The van der Waals surface area contributed by atoms with Crippen molar-refractivity contribution < 1.29 is 9.59 Å². The predicted molar refractivity (Wildman–Crippen MR) is 130 cm³/mol. The first-order chi connectivity index (χ1) is 14.1. The normalized spacial score (nSPS) is 14.3. The van der Waals surface area contributed by atoms with Gasteiger partial charge in [-0.05, 0) is 70.7 Å². The van der Waals surface area contributed by atoms with Gasteiger partial charge in [-0.15, -0.1) is 12.4 Å². The van der Waals surface area contributed by atoms with Crippen LogP contribution in [0.1, 0.15) is 39.3 Å². The number of carbonyl (C=O) groups is 2. The molecule has 2 aromatic rings. The van der Waals surface area contributed by atoms with Gasteiger partial charge in [-0.1, -0.05) is 11.6 Å². The van der Waals surface area contributed by atoms with E-state index in [1.54, 1.807) is 19.0 Å². The van der Waals surface area contributed by atoms with E-state index in [-0.39, 0.29) is 24.2 Å². The van der Waals surface area contributed by atoms with Gasteiger partial charge in [0.05, 0.1) is 16.8 Å². The summed E-state index contributed by atoms with van der Waals surface area (Å²) in [5.74, 6) is -0.101. The largest absolute Gasteiger partial charge is 0.358 e. The van der Waals surface area contributed by atoms with Gasteiger partial charge in [0.15, 0.2) is 0 Å². The third-order valence-corrected chi connectivity index (χ3v) is 5.62. The second-order valence-electron chi connectivity index (χ2n) is 8.20. The van der Waals surface area contributed by atoms with Gasteiger partial charge in [-0.25, -0.2) is 0 Å². The van der Waals surface area contributed by atoms with E-state index >= 15 is 0 Å². The zero-order valence-electron chi connectivity index (χ0n) is 18.9. The standard InChI is InChI=1S/C23H29ClN4O2.ClH/c1-14-19(25-15(2)21(14)23(30)27(5)6)13-18-17-12-16(24)8-9-20(17)28(22(18)29)11-7-10-26(3)4;/h8-9,12-13,25H,7,10-11H2,1-6H3;1H/b18-13-;. The second-order valence-corrected chi connectivity index (χ2v) is 8.63. The topological polar surface area (TPSA) is 59.7 Å². The molecular weight excluding hydrogens is 435 g/mol. The van der Waals surface area contributed by atoms with Crippen LogP contribution in [-0.4, -0.2) is 67.9 Å². The molecule has 1 N–H and O–H groups in total. The van der Waals surface area contributed by atoms with Crippen molar-refractivity contribution in [3.05, 3.63) is 51.3 Å². The molecule has 1 aromatic carbocycles. The number of benzene rings is 1. The summed E-state index contributed by atoms with van der Waals surface area (Å²) in [6.45, 7) is 5.31. The summed E-state index contributed by atoms with van der Waals surface area (Å²) in [5.41, 5.74) is 5.32. The van der Waals surface area contributed by atoms with Crippen LogP contribution in [0.25, 0.3) is 11.6 Å². The number of anilines is 1. The van der Waals surface area contributed by atoms with Crippen molar-refractivity contribution in [2.24, 2.45) is 0 Å². The summed E-state index contributed by atoms with van der Waals surface area (Å²) < 4.78 is 0. The Balaban J connectivity index is 0.00000341. The Morgan fingerprint density at radius 1 is 1.19 bits per heavy atom. The van der Waals surface area contributed by atoms with Crippen molar-refractivity contribution in [3.63, 3.8) is 0 Å². The number of amides is 2. The molecule has 0 saturated heterocycles. The molecule has 1 aromatic heterocycles. The highest BCUT2D eigenvalue weighted by Crippen LogP contribution is 2.39. The van der Waals surface area contributed by atoms with E-state index in [2.05, 4.69) is 9.88 Å². The summed E-state index contributed by atoms with van der Waals surface area (Å²) in [7, 11) is 7.51. The molecule has 0 spiro atoms. The molecule has 0 unspecified atom stereocenters. The Kier molecular flexibility index (Phi) is 7.98. The molecule has 0 bridgehead atoms. The number of nitrogens with one attached hydrogen (secondary N) is 1. The minimum atomic E-state index is -0.0580. The molecule has 0 aliphatic carbocycles. The first-order valence-corrected chi connectivity index (χ1v) is 10.4. The number of rotatable bonds is 6. The second kappa shape index (κ2) is 9.90. The van der Waals surface area contributed by atoms with E-state index in [0.29, 0.717) is 22.7 Å². The highest BCUT2D eigenvalue weighted by molar-refractivity contribution is 6.37. The molecule has 0 fully saturated rings. The fourth-order valence-corrected chi connectivity index (χ4v) is 4.02. The van der Waals surface area contributed by atoms with Gasteiger partial charge < -0.3 is 19.7 Å². The van der Waals surface area contributed by atoms with Crippen molar-refractivity contribution >= 4 is 53.2 Å². The lowest BCUT2D eigenvalue weighted by Gasteiger charge is -2.18. The molecule has 0 atom stereocenters. The number of H-pyrrole nitrogens is 1. The van der Waals surface area contributed by atoms with Crippen molar-refractivity contribution in [1.82, 2.24) is 14.8 Å². The Morgan fingerprint density at radius 3 is 2.48 bits per heavy atom. The Bertz CT molecular complexity index is 1020. The molecule has 0 radical (unpaired) electrons. The number of fused-ring (bicyclic) bond motifs is 1. The zero-order chi connectivity index (χ0) is 22.2. The lowest BCUT2D eigenvalue weighted by Crippen LogP contribution is -2.29. The lowest BCUT2D eigenvalue weighted by molar-refractivity contribution is -0.113. The van der Waals surface area contributed by atoms with E-state index in [1.807, 2.05) is 57.1 Å². The van der Waals surface area contributed by atoms with Crippen molar-refractivity contribution in [2.75, 3.05) is 46.2 Å². The summed E-state index contributed by atoms with van der Waals surface area (Å²) in [5, 5.41) is 0.588. The summed E-state index contributed by atoms with van der Waals surface area (Å²) in [4.78, 5) is 34.6. The predicted octanol–water partition coefficient (Wildman–Crippen LogP) is 4.25. The molecule has 2 amide bonds. The van der Waals surface area contributed by atoms with Gasteiger partial charge in [0, 0.05) is 42.6 Å². The fraction of sp³-hybridized carbons (Fsp3) is 0.391. The fourth-order valence-electron chi connectivity index (χ4n) is 3.84. The third kappa shape index (κ3) is 4.97. The van der Waals surface area contributed by atoms with Gasteiger partial charge in [0.1, 0.15) is 0 Å². The molecule has 168 valence electrons. The van der Waals surface area contributed by atoms with Crippen LogP contribution in [0.2, 0.25) is 5.02 Å². The molecule has 31 heavy (non-hydrogen) atoms. The van der Waals surface area contributed by atoms with Crippen LogP contribution >= 0.6 is 24.0 Å². The molecule has 3 rings (SSSR count). The number of aromatic amines is 1. The monoisotopic (exact) mass is 464 g/mol. The minimum absolute atomic E-state index is 0. The minimum Gasteiger partial charge on any atom is -0.358 e. The summed E-state index contributed by atoms with van der Waals surface area (Å²) >= 11 is 6.25. The van der Waals surface area contributed by atoms with Crippen molar-refractivity contribution in [2.45, 2.75) is 20.3 Å². The van der Waals surface area contributed by atoms with Crippen LogP contribution in [0.4, 0.5) is 5.69 Å². The number of halogens is 2. The van der Waals surface area contributed by atoms with Crippen LogP contribution in [0, 0.1) is 13.8 Å². The average Bonchev–Trinajstić information content (AvgIpc) is 3.08. The zero-order valence-corrected chi connectivity index (χ0v) is 20.4. The smallest absolute Gasteiger partial charge is 0.259 e. The Morgan fingerprint density at radius 2 is 1.87 bits per heavy atom. The lowest BCUT2D eigenvalue weighted by atomic mass is 10.0. The van der Waals surface area contributed by atoms with Crippen LogP contribution in [0.5, 0.6) is 0 Å². The van der Waals surface area contributed by atoms with E-state index < -0.39 is 0 Å². The Hall–Kier alpha value is -2.28. The molecule has 2 heterocycles. The van der Waals surface area contributed by atoms with Gasteiger partial charge in [-0.3, -0.25) is 9.59 Å². The number of carbonyl (C=O) groups excluding carboxylic acids is 2. The number of hydrogen-bond acceptors (Lipinski definition) is 3. The van der Waals surface area contributed by atoms with E-state index in [1.165, 1.54) is 0 Å². The third-order valence-electron chi connectivity index (χ3n) is 5.39. The molecular formula is C23H30Cl2N4O2. The summed E-state index contributed by atoms with van der Waals surface area (Å²) in [6.07, 6.45) is 2.72. The molecule has 8 heteroatoms.